The first-order chi connectivity index (χ1) is 9.33. The molecule has 3 rings (SSSR count). The second-order valence-corrected chi connectivity index (χ2v) is 5.51. The first kappa shape index (κ1) is 12.4. The largest absolute Gasteiger partial charge is 0.343 e. The molecule has 6 heteroatoms. The topological polar surface area (TPSA) is 71.3 Å². The monoisotopic (exact) mass is 264 g/mol. The zero-order chi connectivity index (χ0) is 13.1. The van der Waals surface area contributed by atoms with E-state index in [9.17, 15) is 4.79 Å². The molecule has 2 aliphatic rings. The average Bonchev–Trinajstić information content (AvgIpc) is 3.11. The summed E-state index contributed by atoms with van der Waals surface area (Å²) in [6, 6.07) is 0.434. The van der Waals surface area contributed by atoms with Gasteiger partial charge in [-0.2, -0.15) is 4.98 Å². The maximum absolute atomic E-state index is 12.2. The van der Waals surface area contributed by atoms with Crippen LogP contribution in [0.2, 0.25) is 0 Å². The van der Waals surface area contributed by atoms with Gasteiger partial charge in [0, 0.05) is 25.0 Å². The zero-order valence-electron chi connectivity index (χ0n) is 11.0. The van der Waals surface area contributed by atoms with Crippen molar-refractivity contribution in [2.24, 2.45) is 0 Å². The Hall–Kier alpha value is -1.59. The normalized spacial score (nSPS) is 24.6. The molecule has 1 aromatic rings. The van der Waals surface area contributed by atoms with Crippen LogP contribution in [0.5, 0.6) is 0 Å². The number of hydrogen-bond donors (Lipinski definition) is 1. The smallest absolute Gasteiger partial charge is 0.317 e. The molecule has 0 aromatic carbocycles. The number of urea groups is 1. The Kier molecular flexibility index (Phi) is 3.66. The summed E-state index contributed by atoms with van der Waals surface area (Å²) < 4.78 is 4.76. The lowest BCUT2D eigenvalue weighted by atomic mass is 9.96. The fourth-order valence-electron chi connectivity index (χ4n) is 3.03. The van der Waals surface area contributed by atoms with E-state index in [4.69, 9.17) is 4.52 Å². The number of hydrogen-bond acceptors (Lipinski definition) is 4. The Labute approximate surface area is 112 Å². The highest BCUT2D eigenvalue weighted by Gasteiger charge is 2.30. The summed E-state index contributed by atoms with van der Waals surface area (Å²) in [4.78, 5) is 18.1. The van der Waals surface area contributed by atoms with Crippen molar-refractivity contribution in [2.45, 2.75) is 50.5 Å². The van der Waals surface area contributed by atoms with Crippen LogP contribution in [0.4, 0.5) is 4.79 Å². The highest BCUT2D eigenvalue weighted by molar-refractivity contribution is 5.75. The van der Waals surface area contributed by atoms with Crippen molar-refractivity contribution < 1.29 is 9.32 Å². The minimum Gasteiger partial charge on any atom is -0.343 e. The molecule has 2 heterocycles. The maximum Gasteiger partial charge on any atom is 0.317 e. The summed E-state index contributed by atoms with van der Waals surface area (Å²) >= 11 is 0. The van der Waals surface area contributed by atoms with Crippen LogP contribution in [0.3, 0.4) is 0 Å². The van der Waals surface area contributed by atoms with Crippen molar-refractivity contribution in [1.29, 1.82) is 0 Å². The second kappa shape index (κ2) is 5.59. The lowest BCUT2D eigenvalue weighted by Crippen LogP contribution is -2.44. The molecule has 0 spiro atoms. The second-order valence-electron chi connectivity index (χ2n) is 5.51. The third-order valence-electron chi connectivity index (χ3n) is 4.15. The van der Waals surface area contributed by atoms with Crippen LogP contribution < -0.4 is 5.32 Å². The first-order valence-corrected chi connectivity index (χ1v) is 7.14. The third-order valence-corrected chi connectivity index (χ3v) is 4.15. The Morgan fingerprint density at radius 3 is 2.89 bits per heavy atom. The minimum absolute atomic E-state index is 0.0675. The first-order valence-electron chi connectivity index (χ1n) is 7.14. The predicted octanol–water partition coefficient (Wildman–Crippen LogP) is 1.90. The molecule has 6 nitrogen and oxygen atoms in total. The molecular weight excluding hydrogens is 244 g/mol. The fourth-order valence-corrected chi connectivity index (χ4v) is 3.03. The van der Waals surface area contributed by atoms with Crippen molar-refractivity contribution in [1.82, 2.24) is 20.4 Å². The van der Waals surface area contributed by atoms with E-state index < -0.39 is 0 Å². The van der Waals surface area contributed by atoms with Crippen LogP contribution >= 0.6 is 0 Å². The summed E-state index contributed by atoms with van der Waals surface area (Å²) in [7, 11) is 0. The van der Waals surface area contributed by atoms with E-state index in [2.05, 4.69) is 15.5 Å². The molecule has 2 amide bonds. The number of likely N-dealkylation sites (tertiary alicyclic amines) is 1. The SMILES string of the molecule is O=C(NC1CCCCC1)N1CC[C@H](c2ncon2)C1. The van der Waals surface area contributed by atoms with Gasteiger partial charge >= 0.3 is 6.03 Å². The van der Waals surface area contributed by atoms with E-state index in [0.29, 0.717) is 18.4 Å². The van der Waals surface area contributed by atoms with E-state index in [1.807, 2.05) is 4.90 Å². The van der Waals surface area contributed by atoms with Gasteiger partial charge in [0.15, 0.2) is 5.82 Å². The summed E-state index contributed by atoms with van der Waals surface area (Å²) in [6.45, 7) is 1.47. The van der Waals surface area contributed by atoms with Crippen LogP contribution in [0.1, 0.15) is 50.3 Å². The van der Waals surface area contributed by atoms with Crippen LogP contribution in [-0.2, 0) is 0 Å². The molecule has 104 valence electrons. The molecule has 1 aliphatic carbocycles. The molecule has 1 saturated heterocycles. The van der Waals surface area contributed by atoms with Crippen LogP contribution in [0.25, 0.3) is 0 Å². The number of carbonyl (C=O) groups excluding carboxylic acids is 1. The molecule has 0 unspecified atom stereocenters. The van der Waals surface area contributed by atoms with Gasteiger partial charge < -0.3 is 14.7 Å². The van der Waals surface area contributed by atoms with Gasteiger partial charge in [0.25, 0.3) is 0 Å². The predicted molar refractivity (Wildman–Crippen MR) is 68.6 cm³/mol. The summed E-state index contributed by atoms with van der Waals surface area (Å²) in [5.74, 6) is 0.934. The van der Waals surface area contributed by atoms with Crippen molar-refractivity contribution in [3.8, 4) is 0 Å². The van der Waals surface area contributed by atoms with Gasteiger partial charge in [-0.25, -0.2) is 4.79 Å². The molecule has 19 heavy (non-hydrogen) atoms. The molecule has 1 atom stereocenters. The van der Waals surface area contributed by atoms with E-state index in [-0.39, 0.29) is 11.9 Å². The van der Waals surface area contributed by atoms with Gasteiger partial charge in [-0.1, -0.05) is 24.4 Å². The molecule has 1 aromatic heterocycles. The zero-order valence-corrected chi connectivity index (χ0v) is 11.0. The Balaban J connectivity index is 1.51. The molecule has 1 aliphatic heterocycles. The van der Waals surface area contributed by atoms with E-state index in [1.165, 1.54) is 25.7 Å². The van der Waals surface area contributed by atoms with Gasteiger partial charge in [-0.05, 0) is 19.3 Å². The number of aromatic nitrogens is 2. The van der Waals surface area contributed by atoms with Crippen molar-refractivity contribution in [2.75, 3.05) is 13.1 Å². The van der Waals surface area contributed by atoms with Crippen molar-refractivity contribution >= 4 is 6.03 Å². The quantitative estimate of drug-likeness (QED) is 0.885. The molecule has 0 bridgehead atoms. The van der Waals surface area contributed by atoms with E-state index in [1.54, 1.807) is 0 Å². The number of rotatable bonds is 2. The van der Waals surface area contributed by atoms with Crippen molar-refractivity contribution in [3.63, 3.8) is 0 Å². The van der Waals surface area contributed by atoms with Crippen LogP contribution in [-0.4, -0.2) is 40.2 Å². The number of nitrogens with zero attached hydrogens (tertiary/aromatic N) is 3. The Morgan fingerprint density at radius 1 is 1.32 bits per heavy atom. The third kappa shape index (κ3) is 2.88. The van der Waals surface area contributed by atoms with Gasteiger partial charge in [-0.3, -0.25) is 0 Å². The molecule has 1 N–H and O–H groups in total. The van der Waals surface area contributed by atoms with Gasteiger partial charge in [0.1, 0.15) is 0 Å². The molecule has 0 radical (unpaired) electrons. The van der Waals surface area contributed by atoms with Gasteiger partial charge in [0.2, 0.25) is 6.39 Å². The Morgan fingerprint density at radius 2 is 2.16 bits per heavy atom. The number of amides is 2. The highest BCUT2D eigenvalue weighted by atomic mass is 16.5. The fraction of sp³-hybridized carbons (Fsp3) is 0.769. The minimum atomic E-state index is 0.0675. The van der Waals surface area contributed by atoms with E-state index >= 15 is 0 Å². The summed E-state index contributed by atoms with van der Waals surface area (Å²) in [5.41, 5.74) is 0. The maximum atomic E-state index is 12.2. The molecule has 2 fully saturated rings. The van der Waals surface area contributed by atoms with Crippen molar-refractivity contribution in [3.05, 3.63) is 12.2 Å². The number of carbonyl (C=O) groups is 1. The van der Waals surface area contributed by atoms with Crippen LogP contribution in [0.15, 0.2) is 10.9 Å². The lowest BCUT2D eigenvalue weighted by Gasteiger charge is -2.26. The average molecular weight is 264 g/mol. The van der Waals surface area contributed by atoms with Gasteiger partial charge in [-0.15, -0.1) is 0 Å². The standard InChI is InChI=1S/C13H20N4O2/c18-13(15-11-4-2-1-3-5-11)17-7-6-10(8-17)12-14-9-19-16-12/h9-11H,1-8H2,(H,15,18)/t10-/m0/s1. The van der Waals surface area contributed by atoms with E-state index in [0.717, 1.165) is 25.8 Å². The van der Waals surface area contributed by atoms with Crippen LogP contribution in [0, 0.1) is 0 Å². The number of nitrogens with one attached hydrogen (secondary N) is 1. The Bertz CT molecular complexity index is 414. The molecular formula is C13H20N4O2. The summed E-state index contributed by atoms with van der Waals surface area (Å²) in [6.07, 6.45) is 8.27. The summed E-state index contributed by atoms with van der Waals surface area (Å²) in [5, 5.41) is 7.01. The lowest BCUT2D eigenvalue weighted by molar-refractivity contribution is 0.200. The molecule has 1 saturated carbocycles. The highest BCUT2D eigenvalue weighted by Crippen LogP contribution is 2.25. The van der Waals surface area contributed by atoms with Gasteiger partial charge in [0.05, 0.1) is 0 Å².